The number of nitrogens with one attached hydrogen (secondary N) is 1. The zero-order valence-corrected chi connectivity index (χ0v) is 14.0. The van der Waals surface area contributed by atoms with E-state index in [1.807, 2.05) is 0 Å². The van der Waals surface area contributed by atoms with Gasteiger partial charge in [0.1, 0.15) is 0 Å². The first-order valence-corrected chi connectivity index (χ1v) is 8.85. The predicted molar refractivity (Wildman–Crippen MR) is 77.4 cm³/mol. The topological polar surface area (TPSA) is 29.1 Å². The van der Waals surface area contributed by atoms with Gasteiger partial charge in [-0.3, -0.25) is 4.79 Å². The maximum atomic E-state index is 10.9. The number of rotatable bonds is 5. The van der Waals surface area contributed by atoms with Crippen molar-refractivity contribution >= 4 is 5.91 Å². The van der Waals surface area contributed by atoms with Crippen LogP contribution in [0.5, 0.6) is 0 Å². The Morgan fingerprint density at radius 2 is 1.80 bits per heavy atom. The Balaban J connectivity index is 2.07. The number of aryl methyl sites for hydroxylation is 1. The van der Waals surface area contributed by atoms with Gasteiger partial charge in [0.25, 0.3) is 0 Å². The number of carbonyl (C=O) groups is 1. The lowest BCUT2D eigenvalue weighted by Crippen LogP contribution is -3.61. The third kappa shape index (κ3) is 4.63. The monoisotopic (exact) mass is 380 g/mol. The van der Waals surface area contributed by atoms with Gasteiger partial charge in [-0.15, -0.1) is 0 Å². The molecule has 0 saturated heterocycles. The van der Waals surface area contributed by atoms with Gasteiger partial charge in [-0.25, -0.2) is 0 Å². The first-order valence-electron chi connectivity index (χ1n) is 6.69. The normalized spacial score (nSPS) is 10.3. The standard InChI is InChI=1S/C17H18INO/c1-13-7-9-16(10-8-13)18-17-6-4-3-5-15(17)11-12-19-14(2)20/h3-10H,11-12H2,1-2H3/p+1. The van der Waals surface area contributed by atoms with Crippen LogP contribution in [0.2, 0.25) is 0 Å². The second kappa shape index (κ2) is 7.43. The molecule has 0 spiro atoms. The summed E-state index contributed by atoms with van der Waals surface area (Å²) in [6, 6.07) is 17.4. The lowest BCUT2D eigenvalue weighted by molar-refractivity contribution is -0.598. The zero-order valence-electron chi connectivity index (χ0n) is 11.8. The largest absolute Gasteiger partial charge is 0.358 e. The fraction of sp³-hybridized carbons (Fsp3) is 0.235. The van der Waals surface area contributed by atoms with Crippen molar-refractivity contribution in [3.8, 4) is 0 Å². The lowest BCUT2D eigenvalue weighted by atomic mass is 10.1. The van der Waals surface area contributed by atoms with Crippen molar-refractivity contribution in [3.05, 3.63) is 66.8 Å². The maximum Gasteiger partial charge on any atom is 0.358 e. The molecule has 0 fully saturated rings. The lowest BCUT2D eigenvalue weighted by Gasteiger charge is -2.02. The fourth-order valence-corrected chi connectivity index (χ4v) is 4.45. The second-order valence-electron chi connectivity index (χ2n) is 4.71. The van der Waals surface area contributed by atoms with Crippen LogP contribution in [-0.2, 0) is 11.2 Å². The molecule has 20 heavy (non-hydrogen) atoms. The quantitative estimate of drug-likeness (QED) is 0.716. The minimum absolute atomic E-state index is 0.0377. The molecule has 1 amide bonds. The molecule has 0 aliphatic heterocycles. The highest BCUT2D eigenvalue weighted by Gasteiger charge is 2.18. The van der Waals surface area contributed by atoms with Gasteiger partial charge in [0.2, 0.25) is 5.91 Å². The number of hydrogen-bond acceptors (Lipinski definition) is 1. The van der Waals surface area contributed by atoms with Crippen LogP contribution in [0.25, 0.3) is 0 Å². The summed E-state index contributed by atoms with van der Waals surface area (Å²) < 4.78 is 2.88. The van der Waals surface area contributed by atoms with E-state index in [4.69, 9.17) is 0 Å². The molecular weight excluding hydrogens is 361 g/mol. The van der Waals surface area contributed by atoms with Gasteiger partial charge in [0.15, 0.2) is 7.14 Å². The van der Waals surface area contributed by atoms with E-state index in [0.29, 0.717) is 6.54 Å². The van der Waals surface area contributed by atoms with Crippen LogP contribution in [0.1, 0.15) is 18.1 Å². The highest BCUT2D eigenvalue weighted by atomic mass is 127. The molecule has 0 heterocycles. The molecular formula is C17H19INO+. The average molecular weight is 380 g/mol. The Morgan fingerprint density at radius 1 is 1.10 bits per heavy atom. The van der Waals surface area contributed by atoms with Gasteiger partial charge in [0, 0.05) is 19.0 Å². The van der Waals surface area contributed by atoms with E-state index in [9.17, 15) is 4.79 Å². The summed E-state index contributed by atoms with van der Waals surface area (Å²) in [5, 5.41) is 2.87. The molecule has 0 unspecified atom stereocenters. The van der Waals surface area contributed by atoms with Crippen molar-refractivity contribution in [1.82, 2.24) is 5.32 Å². The molecule has 104 valence electrons. The maximum absolute atomic E-state index is 10.9. The Hall–Kier alpha value is -1.36. The number of hydrogen-bond donors (Lipinski definition) is 1. The van der Waals surface area contributed by atoms with Crippen LogP contribution in [0.4, 0.5) is 0 Å². The first-order chi connectivity index (χ1) is 9.65. The number of benzene rings is 2. The second-order valence-corrected chi connectivity index (χ2v) is 7.66. The highest BCUT2D eigenvalue weighted by molar-refractivity contribution is 5.72. The van der Waals surface area contributed by atoms with Crippen molar-refractivity contribution in [2.24, 2.45) is 0 Å². The summed E-state index contributed by atoms with van der Waals surface area (Å²) in [5.74, 6) is 0.0377. The van der Waals surface area contributed by atoms with Crippen LogP contribution < -0.4 is 26.5 Å². The van der Waals surface area contributed by atoms with E-state index in [1.165, 1.54) is 18.3 Å². The molecule has 2 rings (SSSR count). The van der Waals surface area contributed by atoms with Crippen LogP contribution in [0.15, 0.2) is 48.5 Å². The molecule has 1 N–H and O–H groups in total. The van der Waals surface area contributed by atoms with Crippen molar-refractivity contribution in [3.63, 3.8) is 0 Å². The van der Waals surface area contributed by atoms with Gasteiger partial charge in [-0.1, -0.05) is 35.9 Å². The molecule has 0 aliphatic rings. The van der Waals surface area contributed by atoms with Crippen molar-refractivity contribution in [2.45, 2.75) is 20.3 Å². The van der Waals surface area contributed by atoms with E-state index in [2.05, 4.69) is 60.8 Å². The fourth-order valence-electron chi connectivity index (χ4n) is 1.88. The molecule has 0 radical (unpaired) electrons. The Morgan fingerprint density at radius 3 is 2.50 bits per heavy atom. The molecule has 2 nitrogen and oxygen atoms in total. The van der Waals surface area contributed by atoms with E-state index in [1.54, 1.807) is 6.92 Å². The van der Waals surface area contributed by atoms with Crippen molar-refractivity contribution < 1.29 is 26.0 Å². The van der Waals surface area contributed by atoms with Gasteiger partial charge in [-0.2, -0.15) is 0 Å². The minimum Gasteiger partial charge on any atom is -0.356 e. The molecule has 0 atom stereocenters. The number of carbonyl (C=O) groups excluding carboxylic acids is 1. The summed E-state index contributed by atoms with van der Waals surface area (Å²) in [4.78, 5) is 10.9. The Labute approximate surface area is 130 Å². The predicted octanol–water partition coefficient (Wildman–Crippen LogP) is -0.198. The smallest absolute Gasteiger partial charge is 0.356 e. The zero-order chi connectivity index (χ0) is 14.4. The summed E-state index contributed by atoms with van der Waals surface area (Å²) in [6.45, 7) is 4.39. The van der Waals surface area contributed by atoms with Crippen LogP contribution in [-0.4, -0.2) is 12.5 Å². The SMILES string of the molecule is CC(=O)NCCc1ccccc1[I+]c1ccc(C)cc1. The molecule has 0 bridgehead atoms. The molecule has 2 aromatic rings. The summed E-state index contributed by atoms with van der Waals surface area (Å²) in [5.41, 5.74) is 2.66. The van der Waals surface area contributed by atoms with Crippen LogP contribution >= 0.6 is 0 Å². The van der Waals surface area contributed by atoms with Crippen LogP contribution in [0.3, 0.4) is 0 Å². The summed E-state index contributed by atoms with van der Waals surface area (Å²) >= 11 is -0.152. The van der Waals surface area contributed by atoms with Gasteiger partial charge in [-0.05, 0) is 31.5 Å². The number of halogens is 1. The summed E-state index contributed by atoms with van der Waals surface area (Å²) in [6.07, 6.45) is 0.904. The van der Waals surface area contributed by atoms with Gasteiger partial charge in [0.05, 0.1) is 0 Å². The van der Waals surface area contributed by atoms with E-state index in [-0.39, 0.29) is 27.1 Å². The first kappa shape index (κ1) is 15.0. The van der Waals surface area contributed by atoms with Crippen molar-refractivity contribution in [2.75, 3.05) is 6.54 Å². The molecule has 2 aromatic carbocycles. The Bertz CT molecular complexity index is 578. The van der Waals surface area contributed by atoms with Crippen LogP contribution in [0, 0.1) is 14.1 Å². The average Bonchev–Trinajstić information content (AvgIpc) is 2.43. The molecule has 3 heteroatoms. The number of amides is 1. The third-order valence-electron chi connectivity index (χ3n) is 2.95. The third-order valence-corrected chi connectivity index (χ3v) is 5.92. The van der Waals surface area contributed by atoms with E-state index in [0.717, 1.165) is 6.42 Å². The van der Waals surface area contributed by atoms with E-state index < -0.39 is 0 Å². The van der Waals surface area contributed by atoms with Gasteiger partial charge < -0.3 is 5.32 Å². The minimum atomic E-state index is -0.152. The molecule has 0 aromatic heterocycles. The highest BCUT2D eigenvalue weighted by Crippen LogP contribution is 2.00. The molecule has 0 aliphatic carbocycles. The van der Waals surface area contributed by atoms with Gasteiger partial charge >= 0.3 is 21.2 Å². The van der Waals surface area contributed by atoms with Crippen molar-refractivity contribution in [1.29, 1.82) is 0 Å². The van der Waals surface area contributed by atoms with E-state index >= 15 is 0 Å². The summed E-state index contributed by atoms with van der Waals surface area (Å²) in [7, 11) is 0. The Kier molecular flexibility index (Phi) is 5.59. The molecule has 0 saturated carbocycles.